The third-order valence-corrected chi connectivity index (χ3v) is 8.45. The Morgan fingerprint density at radius 1 is 0.955 bits per heavy atom. The minimum atomic E-state index is -4.66. The minimum Gasteiger partial charge on any atom is -0.352 e. The van der Waals surface area contributed by atoms with Crippen molar-refractivity contribution >= 4 is 50.7 Å². The van der Waals surface area contributed by atoms with E-state index in [0.29, 0.717) is 15.6 Å². The quantitative estimate of drug-likeness (QED) is 0.219. The molecule has 0 fully saturated rings. The first-order valence-corrected chi connectivity index (χ1v) is 16.4. The van der Waals surface area contributed by atoms with Crippen molar-refractivity contribution in [2.24, 2.45) is 0 Å². The highest BCUT2D eigenvalue weighted by Crippen LogP contribution is 2.32. The molecule has 0 heterocycles. The van der Waals surface area contributed by atoms with Gasteiger partial charge in [-0.25, -0.2) is 8.42 Å². The second-order valence-corrected chi connectivity index (χ2v) is 13.4. The van der Waals surface area contributed by atoms with Gasteiger partial charge in [-0.2, -0.15) is 13.2 Å². The summed E-state index contributed by atoms with van der Waals surface area (Å²) in [5.41, 5.74) is 0.189. The summed E-state index contributed by atoms with van der Waals surface area (Å²) in [6, 6.07) is 16.8. The summed E-state index contributed by atoms with van der Waals surface area (Å²) in [4.78, 5) is 28.8. The molecule has 1 unspecified atom stereocenters. The number of carbonyl (C=O) groups excluding carboxylic acids is 2. The van der Waals surface area contributed by atoms with Crippen LogP contribution in [0.5, 0.6) is 0 Å². The lowest BCUT2D eigenvalue weighted by Gasteiger charge is -2.32. The highest BCUT2D eigenvalue weighted by molar-refractivity contribution is 7.92. The number of hydrogen-bond donors (Lipinski definition) is 1. The summed E-state index contributed by atoms with van der Waals surface area (Å²) >= 11 is 12.5. The van der Waals surface area contributed by atoms with Gasteiger partial charge in [-0.05, 0) is 61.7 Å². The molecule has 0 aliphatic heterocycles. The van der Waals surface area contributed by atoms with Gasteiger partial charge >= 0.3 is 6.18 Å². The summed E-state index contributed by atoms with van der Waals surface area (Å²) < 4.78 is 65.9. The van der Waals surface area contributed by atoms with Gasteiger partial charge in [0.1, 0.15) is 6.04 Å². The first kappa shape index (κ1) is 35.2. The van der Waals surface area contributed by atoms with E-state index in [1.165, 1.54) is 17.0 Å². The predicted molar refractivity (Wildman–Crippen MR) is 167 cm³/mol. The zero-order valence-electron chi connectivity index (χ0n) is 24.4. The average Bonchev–Trinajstić information content (AvgIpc) is 2.93. The number of rotatable bonds is 13. The molecule has 0 aliphatic carbocycles. The summed E-state index contributed by atoms with van der Waals surface area (Å²) in [6.45, 7) is 3.30. The second-order valence-electron chi connectivity index (χ2n) is 10.6. The molecule has 0 aliphatic rings. The molecule has 7 nitrogen and oxygen atoms in total. The molecular formula is C31H34Cl2F3N3O4S. The number of anilines is 1. The van der Waals surface area contributed by atoms with E-state index in [-0.39, 0.29) is 50.0 Å². The fourth-order valence-electron chi connectivity index (χ4n) is 4.61. The lowest BCUT2D eigenvalue weighted by Crippen LogP contribution is -2.51. The number of alkyl halides is 3. The summed E-state index contributed by atoms with van der Waals surface area (Å²) in [6.07, 6.45) is -3.82. The van der Waals surface area contributed by atoms with Crippen LogP contribution in [0.25, 0.3) is 0 Å². The number of amides is 2. The van der Waals surface area contributed by atoms with E-state index in [0.717, 1.165) is 34.3 Å². The Bertz CT molecular complexity index is 1550. The molecule has 3 aromatic carbocycles. The van der Waals surface area contributed by atoms with Crippen LogP contribution in [0.2, 0.25) is 10.0 Å². The summed E-state index contributed by atoms with van der Waals surface area (Å²) in [5.74, 6) is -0.850. The lowest BCUT2D eigenvalue weighted by molar-refractivity contribution is -0.141. The Kier molecular flexibility index (Phi) is 12.1. The summed E-state index contributed by atoms with van der Waals surface area (Å²) in [7, 11) is -3.99. The van der Waals surface area contributed by atoms with Crippen molar-refractivity contribution in [1.29, 1.82) is 0 Å². The van der Waals surface area contributed by atoms with E-state index in [1.54, 1.807) is 26.0 Å². The minimum absolute atomic E-state index is 0.0309. The number of halogens is 5. The fraction of sp³-hybridized carbons (Fsp3) is 0.355. The molecule has 2 amide bonds. The lowest BCUT2D eigenvalue weighted by atomic mass is 10.0. The largest absolute Gasteiger partial charge is 0.416 e. The second kappa shape index (κ2) is 15.1. The maximum Gasteiger partial charge on any atom is 0.416 e. The standard InChI is InChI=1S/C31H34Cl2F3N3O4S/c1-21(2)37-30(41)28(17-22-9-5-4-6-10-22)38(20-23-14-15-25(32)19-27(23)33)29(40)13-8-16-39(44(3,42)43)26-12-7-11-24(18-26)31(34,35)36/h4-7,9-12,14-15,18-19,21,28H,8,13,16-17,20H2,1-3H3,(H,37,41). The molecule has 0 radical (unpaired) electrons. The van der Waals surface area contributed by atoms with Crippen molar-refractivity contribution in [2.75, 3.05) is 17.1 Å². The van der Waals surface area contributed by atoms with Crippen molar-refractivity contribution in [3.63, 3.8) is 0 Å². The van der Waals surface area contributed by atoms with E-state index in [9.17, 15) is 31.2 Å². The highest BCUT2D eigenvalue weighted by atomic mass is 35.5. The van der Waals surface area contributed by atoms with Gasteiger partial charge in [-0.15, -0.1) is 0 Å². The molecule has 238 valence electrons. The van der Waals surface area contributed by atoms with Crippen molar-refractivity contribution in [1.82, 2.24) is 10.2 Å². The monoisotopic (exact) mass is 671 g/mol. The molecule has 0 saturated carbocycles. The Hall–Kier alpha value is -3.28. The maximum absolute atomic E-state index is 13.9. The topological polar surface area (TPSA) is 86.8 Å². The van der Waals surface area contributed by atoms with Crippen LogP contribution < -0.4 is 9.62 Å². The van der Waals surface area contributed by atoms with Crippen LogP contribution in [0.3, 0.4) is 0 Å². The van der Waals surface area contributed by atoms with Crippen LogP contribution in [-0.2, 0) is 38.8 Å². The zero-order chi connectivity index (χ0) is 32.7. The SMILES string of the molecule is CC(C)NC(=O)C(Cc1ccccc1)N(Cc1ccc(Cl)cc1Cl)C(=O)CCCN(c1cccc(C(F)(F)F)c1)S(C)(=O)=O. The number of hydrogen-bond acceptors (Lipinski definition) is 4. The molecule has 1 N–H and O–H groups in total. The van der Waals surface area contributed by atoms with Crippen LogP contribution in [0.4, 0.5) is 18.9 Å². The van der Waals surface area contributed by atoms with Gasteiger partial charge in [0, 0.05) is 42.0 Å². The molecule has 44 heavy (non-hydrogen) atoms. The Morgan fingerprint density at radius 2 is 1.64 bits per heavy atom. The summed E-state index contributed by atoms with van der Waals surface area (Å²) in [5, 5.41) is 3.57. The zero-order valence-corrected chi connectivity index (χ0v) is 26.8. The average molecular weight is 673 g/mol. The molecule has 0 aromatic heterocycles. The molecule has 0 saturated heterocycles. The van der Waals surface area contributed by atoms with E-state index < -0.39 is 33.7 Å². The van der Waals surface area contributed by atoms with Gasteiger partial charge in [0.05, 0.1) is 17.5 Å². The van der Waals surface area contributed by atoms with E-state index >= 15 is 0 Å². The number of nitrogens with zero attached hydrogens (tertiary/aromatic N) is 2. The van der Waals surface area contributed by atoms with Gasteiger partial charge in [-0.1, -0.05) is 65.7 Å². The molecule has 3 rings (SSSR count). The van der Waals surface area contributed by atoms with Crippen LogP contribution in [0.1, 0.15) is 43.4 Å². The predicted octanol–water partition coefficient (Wildman–Crippen LogP) is 6.72. The van der Waals surface area contributed by atoms with Crippen molar-refractivity contribution in [3.05, 3.63) is 99.5 Å². The van der Waals surface area contributed by atoms with E-state index in [2.05, 4.69) is 5.32 Å². The Morgan fingerprint density at radius 3 is 2.23 bits per heavy atom. The van der Waals surface area contributed by atoms with Crippen molar-refractivity contribution < 1.29 is 31.2 Å². The van der Waals surface area contributed by atoms with Crippen LogP contribution in [-0.4, -0.2) is 50.0 Å². The normalized spacial score (nSPS) is 12.6. The third-order valence-electron chi connectivity index (χ3n) is 6.67. The molecule has 3 aromatic rings. The smallest absolute Gasteiger partial charge is 0.352 e. The van der Waals surface area contributed by atoms with Crippen molar-refractivity contribution in [2.45, 2.75) is 57.9 Å². The molecular weight excluding hydrogens is 638 g/mol. The van der Waals surface area contributed by atoms with E-state index in [4.69, 9.17) is 23.2 Å². The highest BCUT2D eigenvalue weighted by Gasteiger charge is 2.33. The molecule has 13 heteroatoms. The van der Waals surface area contributed by atoms with Gasteiger partial charge in [0.25, 0.3) is 0 Å². The molecule has 0 bridgehead atoms. The number of benzene rings is 3. The fourth-order valence-corrected chi connectivity index (χ4v) is 6.03. The van der Waals surface area contributed by atoms with Gasteiger partial charge in [-0.3, -0.25) is 13.9 Å². The number of carbonyl (C=O) groups is 2. The number of sulfonamides is 1. The van der Waals surface area contributed by atoms with Gasteiger partial charge in [0.2, 0.25) is 21.8 Å². The van der Waals surface area contributed by atoms with E-state index in [1.807, 2.05) is 30.3 Å². The first-order chi connectivity index (χ1) is 20.6. The molecule has 1 atom stereocenters. The first-order valence-electron chi connectivity index (χ1n) is 13.8. The molecule has 0 spiro atoms. The van der Waals surface area contributed by atoms with Crippen LogP contribution >= 0.6 is 23.2 Å². The Balaban J connectivity index is 1.92. The third kappa shape index (κ3) is 10.1. The van der Waals surface area contributed by atoms with Crippen molar-refractivity contribution in [3.8, 4) is 0 Å². The van der Waals surface area contributed by atoms with Gasteiger partial charge < -0.3 is 10.2 Å². The Labute approximate surface area is 266 Å². The van der Waals surface area contributed by atoms with Crippen LogP contribution in [0, 0.1) is 0 Å². The maximum atomic E-state index is 13.9. The van der Waals surface area contributed by atoms with Gasteiger partial charge in [0.15, 0.2) is 0 Å². The van der Waals surface area contributed by atoms with Crippen LogP contribution in [0.15, 0.2) is 72.8 Å². The number of nitrogens with one attached hydrogen (secondary N) is 1.